The van der Waals surface area contributed by atoms with Gasteiger partial charge in [-0.05, 0) is 35.8 Å². The lowest BCUT2D eigenvalue weighted by Gasteiger charge is -2.19. The van der Waals surface area contributed by atoms with E-state index in [4.69, 9.17) is 9.47 Å². The first kappa shape index (κ1) is 17.2. The van der Waals surface area contributed by atoms with Crippen molar-refractivity contribution in [3.05, 3.63) is 65.0 Å². The summed E-state index contributed by atoms with van der Waals surface area (Å²) in [5, 5.41) is 2.87. The molecule has 0 bridgehead atoms. The average molecular weight is 341 g/mol. The molecule has 0 spiro atoms. The molecule has 0 aromatic heterocycles. The van der Waals surface area contributed by atoms with Crippen LogP contribution in [-0.2, 0) is 16.1 Å². The molecule has 130 valence electrons. The Morgan fingerprint density at radius 2 is 2.08 bits per heavy atom. The minimum absolute atomic E-state index is 0.118. The van der Waals surface area contributed by atoms with Gasteiger partial charge in [-0.1, -0.05) is 32.0 Å². The lowest BCUT2D eigenvalue weighted by molar-refractivity contribution is -0.111. The van der Waals surface area contributed by atoms with Gasteiger partial charge in [-0.2, -0.15) is 0 Å². The number of halogens is 1. The molecule has 1 aliphatic rings. The number of carbonyl (C=O) groups excluding carboxylic acids is 1. The molecule has 25 heavy (non-hydrogen) atoms. The Labute approximate surface area is 146 Å². The van der Waals surface area contributed by atoms with Crippen LogP contribution in [0.15, 0.2) is 42.5 Å². The van der Waals surface area contributed by atoms with Crippen molar-refractivity contribution in [2.24, 2.45) is 0 Å². The largest absolute Gasteiger partial charge is 0.467 e. The highest BCUT2D eigenvalue weighted by molar-refractivity contribution is 6.02. The minimum atomic E-state index is -0.391. The minimum Gasteiger partial charge on any atom is -0.467 e. The quantitative estimate of drug-likeness (QED) is 0.835. The van der Waals surface area contributed by atoms with E-state index in [9.17, 15) is 9.18 Å². The first-order valence-corrected chi connectivity index (χ1v) is 8.15. The number of fused-ring (bicyclic) bond motifs is 1. The van der Waals surface area contributed by atoms with Gasteiger partial charge in [0.15, 0.2) is 6.79 Å². The summed E-state index contributed by atoms with van der Waals surface area (Å²) in [6.45, 7) is 4.55. The molecule has 5 heteroatoms. The first-order chi connectivity index (χ1) is 12.0. The maximum atomic E-state index is 13.7. The molecular weight excluding hydrogens is 321 g/mol. The molecule has 0 aliphatic carbocycles. The zero-order valence-corrected chi connectivity index (χ0v) is 14.2. The lowest BCUT2D eigenvalue weighted by atomic mass is 10.0. The Balaban J connectivity index is 1.79. The number of anilines is 1. The normalized spacial score (nSPS) is 13.6. The van der Waals surface area contributed by atoms with E-state index in [2.05, 4.69) is 19.2 Å². The smallest absolute Gasteiger partial charge is 0.248 e. The summed E-state index contributed by atoms with van der Waals surface area (Å²) >= 11 is 0. The van der Waals surface area contributed by atoms with E-state index in [-0.39, 0.29) is 12.7 Å². The van der Waals surface area contributed by atoms with Gasteiger partial charge in [-0.25, -0.2) is 4.39 Å². The summed E-state index contributed by atoms with van der Waals surface area (Å²) < 4.78 is 24.3. The van der Waals surface area contributed by atoms with Crippen LogP contribution >= 0.6 is 0 Å². The van der Waals surface area contributed by atoms with Crippen molar-refractivity contribution < 1.29 is 18.7 Å². The molecular formula is C20H20FNO3. The maximum absolute atomic E-state index is 13.7. The summed E-state index contributed by atoms with van der Waals surface area (Å²) in [7, 11) is 0. The fourth-order valence-electron chi connectivity index (χ4n) is 2.79. The van der Waals surface area contributed by atoms with Crippen molar-refractivity contribution in [1.29, 1.82) is 0 Å². The molecule has 4 nitrogen and oxygen atoms in total. The van der Waals surface area contributed by atoms with Gasteiger partial charge in [0.05, 0.1) is 6.61 Å². The number of ether oxygens (including phenoxy) is 2. The van der Waals surface area contributed by atoms with Crippen molar-refractivity contribution in [1.82, 2.24) is 0 Å². The van der Waals surface area contributed by atoms with E-state index in [0.29, 0.717) is 29.4 Å². The average Bonchev–Trinajstić information content (AvgIpc) is 2.59. The van der Waals surface area contributed by atoms with Crippen LogP contribution in [0.1, 0.15) is 36.5 Å². The number of nitrogens with one attached hydrogen (secondary N) is 1. The Morgan fingerprint density at radius 3 is 2.88 bits per heavy atom. The third kappa shape index (κ3) is 4.06. The predicted molar refractivity (Wildman–Crippen MR) is 94.9 cm³/mol. The molecule has 0 fully saturated rings. The van der Waals surface area contributed by atoms with Gasteiger partial charge in [0, 0.05) is 22.9 Å². The molecule has 0 atom stereocenters. The first-order valence-electron chi connectivity index (χ1n) is 8.15. The van der Waals surface area contributed by atoms with E-state index in [0.717, 1.165) is 11.3 Å². The molecule has 2 aromatic carbocycles. The number of carbonyl (C=O) groups is 1. The van der Waals surface area contributed by atoms with Crippen LogP contribution in [0.3, 0.4) is 0 Å². The molecule has 0 saturated heterocycles. The van der Waals surface area contributed by atoms with E-state index < -0.39 is 5.82 Å². The summed E-state index contributed by atoms with van der Waals surface area (Å²) in [5.41, 5.74) is 2.99. The van der Waals surface area contributed by atoms with Crippen molar-refractivity contribution in [3.63, 3.8) is 0 Å². The third-order valence-electron chi connectivity index (χ3n) is 3.96. The Hall–Kier alpha value is -2.66. The summed E-state index contributed by atoms with van der Waals surface area (Å²) in [6.07, 6.45) is 2.94. The summed E-state index contributed by atoms with van der Waals surface area (Å²) in [6, 6.07) is 10.4. The van der Waals surface area contributed by atoms with Gasteiger partial charge in [0.1, 0.15) is 11.6 Å². The van der Waals surface area contributed by atoms with Gasteiger partial charge >= 0.3 is 0 Å². The Kier molecular flexibility index (Phi) is 5.14. The molecule has 3 rings (SSSR count). The zero-order valence-electron chi connectivity index (χ0n) is 14.2. The van der Waals surface area contributed by atoms with Crippen molar-refractivity contribution in [2.45, 2.75) is 26.4 Å². The number of hydrogen-bond acceptors (Lipinski definition) is 3. The molecule has 1 aliphatic heterocycles. The number of para-hydroxylation sites is 1. The van der Waals surface area contributed by atoms with E-state index in [1.807, 2.05) is 24.3 Å². The van der Waals surface area contributed by atoms with Gasteiger partial charge in [-0.3, -0.25) is 4.79 Å². The number of rotatable bonds is 4. The number of hydrogen-bond donors (Lipinski definition) is 1. The second-order valence-electron chi connectivity index (χ2n) is 6.16. The van der Waals surface area contributed by atoms with Crippen LogP contribution in [-0.4, -0.2) is 12.7 Å². The summed E-state index contributed by atoms with van der Waals surface area (Å²) in [4.78, 5) is 12.3. The Bertz CT molecular complexity index is 815. The van der Waals surface area contributed by atoms with Crippen LogP contribution in [0.2, 0.25) is 0 Å². The van der Waals surface area contributed by atoms with Crippen LogP contribution in [0.5, 0.6) is 5.75 Å². The van der Waals surface area contributed by atoms with E-state index in [1.54, 1.807) is 6.08 Å². The SMILES string of the molecule is CC(C)c1ccccc1NC(=O)C=Cc1cc(F)cc2c1OCOC2. The lowest BCUT2D eigenvalue weighted by Crippen LogP contribution is -2.13. The molecule has 2 aromatic rings. The summed E-state index contributed by atoms with van der Waals surface area (Å²) in [5.74, 6) is 0.180. The standard InChI is InChI=1S/C20H20FNO3/c1-13(2)17-5-3-4-6-18(17)22-19(23)8-7-14-9-16(21)10-15-11-24-12-25-20(14)15/h3-10,13H,11-12H2,1-2H3,(H,22,23). The maximum Gasteiger partial charge on any atom is 0.248 e. The van der Waals surface area contributed by atoms with Gasteiger partial charge < -0.3 is 14.8 Å². The molecule has 1 N–H and O–H groups in total. The van der Waals surface area contributed by atoms with Crippen LogP contribution in [0.25, 0.3) is 6.08 Å². The van der Waals surface area contributed by atoms with E-state index in [1.165, 1.54) is 18.2 Å². The Morgan fingerprint density at radius 1 is 1.28 bits per heavy atom. The topological polar surface area (TPSA) is 47.6 Å². The number of amides is 1. The van der Waals surface area contributed by atoms with Crippen molar-refractivity contribution in [2.75, 3.05) is 12.1 Å². The van der Waals surface area contributed by atoms with Gasteiger partial charge in [-0.15, -0.1) is 0 Å². The van der Waals surface area contributed by atoms with Crippen molar-refractivity contribution in [3.8, 4) is 5.75 Å². The highest BCUT2D eigenvalue weighted by Gasteiger charge is 2.16. The second kappa shape index (κ2) is 7.49. The fourth-order valence-corrected chi connectivity index (χ4v) is 2.79. The van der Waals surface area contributed by atoms with Crippen LogP contribution in [0.4, 0.5) is 10.1 Å². The predicted octanol–water partition coefficient (Wildman–Crippen LogP) is 4.47. The fraction of sp³-hybridized carbons (Fsp3) is 0.250. The molecule has 1 amide bonds. The van der Waals surface area contributed by atoms with E-state index >= 15 is 0 Å². The highest BCUT2D eigenvalue weighted by atomic mass is 19.1. The van der Waals surface area contributed by atoms with Gasteiger partial charge in [0.2, 0.25) is 5.91 Å². The molecule has 0 unspecified atom stereocenters. The number of benzene rings is 2. The van der Waals surface area contributed by atoms with Crippen molar-refractivity contribution >= 4 is 17.7 Å². The van der Waals surface area contributed by atoms with Gasteiger partial charge in [0.25, 0.3) is 0 Å². The second-order valence-corrected chi connectivity index (χ2v) is 6.16. The molecule has 0 radical (unpaired) electrons. The monoisotopic (exact) mass is 341 g/mol. The molecule has 1 heterocycles. The van der Waals surface area contributed by atoms with Crippen LogP contribution in [0, 0.1) is 5.82 Å². The zero-order chi connectivity index (χ0) is 17.8. The van der Waals surface area contributed by atoms with Crippen LogP contribution < -0.4 is 10.1 Å². The highest BCUT2D eigenvalue weighted by Crippen LogP contribution is 2.30. The third-order valence-corrected chi connectivity index (χ3v) is 3.96. The molecule has 0 saturated carbocycles.